The molecule has 5 nitrogen and oxygen atoms in total. The Balaban J connectivity index is 2.42. The maximum absolute atomic E-state index is 13.9. The lowest BCUT2D eigenvalue weighted by Gasteiger charge is -2.33. The molecule has 0 amide bonds. The van der Waals surface area contributed by atoms with Crippen LogP contribution in [0.3, 0.4) is 0 Å². The summed E-state index contributed by atoms with van der Waals surface area (Å²) in [7, 11) is -0.359. The zero-order valence-electron chi connectivity index (χ0n) is 19.2. The van der Waals surface area contributed by atoms with Gasteiger partial charge in [0.15, 0.2) is 0 Å². The highest BCUT2D eigenvalue weighted by Gasteiger charge is 2.37. The average molecular weight is 446 g/mol. The van der Waals surface area contributed by atoms with Crippen LogP contribution in [0.1, 0.15) is 38.3 Å². The van der Waals surface area contributed by atoms with Gasteiger partial charge in [-0.3, -0.25) is 0 Å². The Labute approximate surface area is 187 Å². The van der Waals surface area contributed by atoms with Crippen LogP contribution in [0, 0.1) is 11.8 Å². The van der Waals surface area contributed by atoms with Gasteiger partial charge in [0.2, 0.25) is 10.0 Å². The summed E-state index contributed by atoms with van der Waals surface area (Å²) in [5, 5.41) is -0.498. The molecule has 2 atom stereocenters. The summed E-state index contributed by atoms with van der Waals surface area (Å²) in [5.74, 6) is 1.44. The normalized spacial score (nSPS) is 13.8. The highest BCUT2D eigenvalue weighted by Crippen LogP contribution is 2.29. The van der Waals surface area contributed by atoms with E-state index in [2.05, 4.69) is 6.58 Å². The average Bonchev–Trinajstić information content (AvgIpc) is 2.74. The van der Waals surface area contributed by atoms with E-state index < -0.39 is 15.3 Å². The minimum atomic E-state index is -3.59. The number of ether oxygens (including phenoxy) is 2. The van der Waals surface area contributed by atoms with Gasteiger partial charge in [-0.2, -0.15) is 4.31 Å². The minimum Gasteiger partial charge on any atom is -0.497 e. The molecule has 170 valence electrons. The first-order valence-electron chi connectivity index (χ1n) is 10.6. The van der Waals surface area contributed by atoms with Crippen LogP contribution in [0.15, 0.2) is 61.2 Å². The second kappa shape index (κ2) is 11.3. The first-order chi connectivity index (χ1) is 14.7. The molecule has 0 unspecified atom stereocenters. The molecule has 2 aromatic carbocycles. The Hall–Kier alpha value is -2.31. The van der Waals surface area contributed by atoms with E-state index in [0.717, 1.165) is 22.6 Å². The topological polar surface area (TPSA) is 55.8 Å². The molecule has 0 radical (unpaired) electrons. The standard InChI is InChI=1S/C25H35NO4S/c1-7-8-20(4)25(19(2)3)31(27,28)26(17-21-9-13-23(29-5)14-10-21)18-22-11-15-24(30-6)16-12-22/h7,9-16,19-20,25H,1,8,17-18H2,2-6H3/t20-,25-/m1/s1. The van der Waals surface area contributed by atoms with Crippen LogP contribution in [0.25, 0.3) is 0 Å². The Morgan fingerprint density at radius 3 is 1.61 bits per heavy atom. The summed E-state index contributed by atoms with van der Waals surface area (Å²) in [4.78, 5) is 0. The molecule has 0 aliphatic rings. The van der Waals surface area contributed by atoms with Crippen molar-refractivity contribution in [1.82, 2.24) is 4.31 Å². The van der Waals surface area contributed by atoms with Crippen LogP contribution < -0.4 is 9.47 Å². The Kier molecular flexibility index (Phi) is 9.14. The van der Waals surface area contributed by atoms with Crippen LogP contribution >= 0.6 is 0 Å². The van der Waals surface area contributed by atoms with Gasteiger partial charge < -0.3 is 9.47 Å². The van der Waals surface area contributed by atoms with E-state index in [1.54, 1.807) is 24.6 Å². The van der Waals surface area contributed by atoms with E-state index in [1.165, 1.54) is 0 Å². The number of rotatable bonds is 12. The van der Waals surface area contributed by atoms with Gasteiger partial charge in [-0.05, 0) is 53.6 Å². The summed E-state index contributed by atoms with van der Waals surface area (Å²) in [6.07, 6.45) is 2.45. The lowest BCUT2D eigenvalue weighted by molar-refractivity contribution is 0.355. The molecular weight excluding hydrogens is 410 g/mol. The van der Waals surface area contributed by atoms with Gasteiger partial charge in [0, 0.05) is 13.1 Å². The molecule has 2 aromatic rings. The quantitative estimate of drug-likeness (QED) is 0.418. The van der Waals surface area contributed by atoms with Crippen LogP contribution in [0.2, 0.25) is 0 Å². The molecule has 0 bridgehead atoms. The smallest absolute Gasteiger partial charge is 0.218 e. The lowest BCUT2D eigenvalue weighted by atomic mass is 9.95. The molecule has 0 aromatic heterocycles. The fourth-order valence-electron chi connectivity index (χ4n) is 3.97. The maximum atomic E-state index is 13.9. The molecule has 6 heteroatoms. The van der Waals surface area contributed by atoms with Gasteiger partial charge in [-0.1, -0.05) is 51.1 Å². The van der Waals surface area contributed by atoms with Gasteiger partial charge in [0.05, 0.1) is 19.5 Å². The van der Waals surface area contributed by atoms with Gasteiger partial charge in [-0.15, -0.1) is 6.58 Å². The van der Waals surface area contributed by atoms with Crippen molar-refractivity contribution < 1.29 is 17.9 Å². The number of hydrogen-bond acceptors (Lipinski definition) is 4. The number of benzene rings is 2. The lowest BCUT2D eigenvalue weighted by Crippen LogP contribution is -2.43. The second-order valence-electron chi connectivity index (χ2n) is 8.22. The highest BCUT2D eigenvalue weighted by molar-refractivity contribution is 7.89. The molecule has 0 aliphatic heterocycles. The SMILES string of the molecule is C=CC[C@@H](C)[C@@H](C(C)C)S(=O)(=O)N(Cc1ccc(OC)cc1)Cc1ccc(OC)cc1. The predicted octanol–water partition coefficient (Wildman–Crippen LogP) is 5.27. The van der Waals surface area contributed by atoms with E-state index >= 15 is 0 Å². The summed E-state index contributed by atoms with van der Waals surface area (Å²) < 4.78 is 39.8. The molecule has 0 spiro atoms. The molecule has 0 N–H and O–H groups in total. The van der Waals surface area contributed by atoms with Crippen molar-refractivity contribution in [1.29, 1.82) is 0 Å². The van der Waals surface area contributed by atoms with Crippen LogP contribution in [0.4, 0.5) is 0 Å². The Morgan fingerprint density at radius 1 is 0.871 bits per heavy atom. The van der Waals surface area contributed by atoms with Crippen molar-refractivity contribution in [3.63, 3.8) is 0 Å². The summed E-state index contributed by atoms with van der Waals surface area (Å²) in [5.41, 5.74) is 1.83. The molecular formula is C25H35NO4S. The van der Waals surface area contributed by atoms with Crippen LogP contribution in [-0.2, 0) is 23.1 Å². The largest absolute Gasteiger partial charge is 0.497 e. The van der Waals surface area contributed by atoms with Crippen molar-refractivity contribution in [2.75, 3.05) is 14.2 Å². The van der Waals surface area contributed by atoms with E-state index in [1.807, 2.05) is 69.3 Å². The number of nitrogens with zero attached hydrogens (tertiary/aromatic N) is 1. The van der Waals surface area contributed by atoms with E-state index in [-0.39, 0.29) is 11.8 Å². The van der Waals surface area contributed by atoms with Crippen molar-refractivity contribution >= 4 is 10.0 Å². The molecule has 31 heavy (non-hydrogen) atoms. The van der Waals surface area contributed by atoms with Crippen molar-refractivity contribution in [2.45, 2.75) is 45.5 Å². The van der Waals surface area contributed by atoms with Crippen molar-refractivity contribution in [2.24, 2.45) is 11.8 Å². The molecule has 0 fully saturated rings. The van der Waals surface area contributed by atoms with Gasteiger partial charge >= 0.3 is 0 Å². The number of hydrogen-bond donors (Lipinski definition) is 0. The molecule has 2 rings (SSSR count). The van der Waals surface area contributed by atoms with Crippen LogP contribution in [-0.4, -0.2) is 32.2 Å². The zero-order chi connectivity index (χ0) is 23.0. The third-order valence-corrected chi connectivity index (χ3v) is 8.17. The fraction of sp³-hybridized carbons (Fsp3) is 0.440. The van der Waals surface area contributed by atoms with E-state index in [0.29, 0.717) is 19.5 Å². The number of sulfonamides is 1. The molecule has 0 saturated carbocycles. The van der Waals surface area contributed by atoms with Gasteiger partial charge in [-0.25, -0.2) is 8.42 Å². The Morgan fingerprint density at radius 2 is 1.29 bits per heavy atom. The predicted molar refractivity (Wildman–Crippen MR) is 127 cm³/mol. The third-order valence-electron chi connectivity index (χ3n) is 5.50. The van der Waals surface area contributed by atoms with Gasteiger partial charge in [0.1, 0.15) is 11.5 Å². The number of methoxy groups -OCH3 is 2. The summed E-state index contributed by atoms with van der Waals surface area (Å²) >= 11 is 0. The third kappa shape index (κ3) is 6.58. The van der Waals surface area contributed by atoms with Crippen molar-refractivity contribution in [3.8, 4) is 11.5 Å². The summed E-state index contributed by atoms with van der Waals surface area (Å²) in [6, 6.07) is 15.1. The molecule has 0 aliphatic carbocycles. The van der Waals surface area contributed by atoms with Crippen LogP contribution in [0.5, 0.6) is 11.5 Å². The fourth-order valence-corrected chi connectivity index (χ4v) is 6.36. The van der Waals surface area contributed by atoms with Gasteiger partial charge in [0.25, 0.3) is 0 Å². The first-order valence-corrected chi connectivity index (χ1v) is 12.1. The monoisotopic (exact) mass is 445 g/mol. The van der Waals surface area contributed by atoms with E-state index in [4.69, 9.17) is 9.47 Å². The zero-order valence-corrected chi connectivity index (χ0v) is 20.1. The van der Waals surface area contributed by atoms with E-state index in [9.17, 15) is 8.42 Å². The molecule has 0 saturated heterocycles. The minimum absolute atomic E-state index is 0.0193. The highest BCUT2D eigenvalue weighted by atomic mass is 32.2. The Bertz CT molecular complexity index is 871. The first kappa shape index (κ1) is 25.0. The second-order valence-corrected chi connectivity index (χ2v) is 10.3. The maximum Gasteiger partial charge on any atom is 0.218 e. The number of allylic oxidation sites excluding steroid dienone is 1. The van der Waals surface area contributed by atoms with Crippen molar-refractivity contribution in [3.05, 3.63) is 72.3 Å². The molecule has 0 heterocycles. The summed E-state index contributed by atoms with van der Waals surface area (Å²) in [6.45, 7) is 10.3.